The third kappa shape index (κ3) is 7.67. The number of halogens is 6. The molecule has 0 bridgehead atoms. The van der Waals surface area contributed by atoms with Crippen LogP contribution in [0.15, 0.2) is 34.6 Å². The summed E-state index contributed by atoms with van der Waals surface area (Å²) in [6.07, 6.45) is -9.47. The monoisotopic (exact) mass is 638 g/mol. The molecule has 1 aromatic carbocycles. The average Bonchev–Trinajstić information content (AvgIpc) is 3.45. The number of nitrogens with zero attached hydrogens (tertiary/aromatic N) is 2. The molecule has 2 fully saturated rings. The van der Waals surface area contributed by atoms with Gasteiger partial charge in [-0.05, 0) is 46.8 Å². The summed E-state index contributed by atoms with van der Waals surface area (Å²) in [7, 11) is 0. The van der Waals surface area contributed by atoms with Gasteiger partial charge in [0.1, 0.15) is 4.32 Å². The van der Waals surface area contributed by atoms with Crippen LogP contribution in [0.3, 0.4) is 0 Å². The van der Waals surface area contributed by atoms with Crippen LogP contribution in [-0.2, 0) is 31.5 Å². The number of thiophene rings is 1. The number of hydrogen-bond donors (Lipinski definition) is 1. The van der Waals surface area contributed by atoms with Crippen molar-refractivity contribution in [2.75, 3.05) is 26.2 Å². The van der Waals surface area contributed by atoms with Crippen molar-refractivity contribution in [1.29, 1.82) is 0 Å². The molecule has 0 radical (unpaired) electrons. The van der Waals surface area contributed by atoms with Crippen LogP contribution in [0.1, 0.15) is 28.8 Å². The number of thiocarbonyl (C=S) groups is 1. The van der Waals surface area contributed by atoms with Crippen LogP contribution in [0.2, 0.25) is 0 Å². The van der Waals surface area contributed by atoms with E-state index in [1.54, 1.807) is 0 Å². The second-order valence-corrected chi connectivity index (χ2v) is 11.7. The van der Waals surface area contributed by atoms with E-state index in [0.29, 0.717) is 17.0 Å². The van der Waals surface area contributed by atoms with Crippen molar-refractivity contribution in [3.63, 3.8) is 0 Å². The molecule has 7 nitrogen and oxygen atoms in total. The van der Waals surface area contributed by atoms with Gasteiger partial charge in [-0.15, -0.1) is 11.3 Å². The van der Waals surface area contributed by atoms with Crippen molar-refractivity contribution < 1.29 is 50.6 Å². The SMILES string of the molecule is O=C(O)CC1CN(C(=O)CCN2C(=O)/C(=C/c3cc(-c4cc(C(F)(F)F)cc(C(F)(F)F)c4)cs3)SC2=S)CCO1. The quantitative estimate of drug-likeness (QED) is 0.235. The fraction of sp³-hybridized carbons (Fsp3) is 0.360. The minimum atomic E-state index is -4.98. The zero-order valence-electron chi connectivity index (χ0n) is 20.8. The van der Waals surface area contributed by atoms with Gasteiger partial charge in [-0.3, -0.25) is 19.3 Å². The fourth-order valence-electron chi connectivity index (χ4n) is 4.15. The van der Waals surface area contributed by atoms with Gasteiger partial charge in [0.2, 0.25) is 5.91 Å². The Labute approximate surface area is 242 Å². The molecule has 2 aliphatic rings. The highest BCUT2D eigenvalue weighted by molar-refractivity contribution is 8.26. The Morgan fingerprint density at radius 2 is 1.73 bits per heavy atom. The van der Waals surface area contributed by atoms with Gasteiger partial charge in [-0.25, -0.2) is 0 Å². The van der Waals surface area contributed by atoms with E-state index in [9.17, 15) is 40.7 Å². The molecular weight excluding hydrogens is 618 g/mol. The highest BCUT2D eigenvalue weighted by Crippen LogP contribution is 2.40. The largest absolute Gasteiger partial charge is 0.481 e. The van der Waals surface area contributed by atoms with Crippen LogP contribution >= 0.6 is 35.3 Å². The number of hydrogen-bond acceptors (Lipinski definition) is 7. The third-order valence-corrected chi connectivity index (χ3v) is 8.39. The van der Waals surface area contributed by atoms with Gasteiger partial charge in [0.15, 0.2) is 0 Å². The number of carbonyl (C=O) groups is 3. The van der Waals surface area contributed by atoms with E-state index >= 15 is 0 Å². The van der Waals surface area contributed by atoms with Crippen LogP contribution in [0.25, 0.3) is 17.2 Å². The molecule has 16 heteroatoms. The number of ether oxygens (including phenoxy) is 1. The van der Waals surface area contributed by atoms with Gasteiger partial charge in [0.05, 0.1) is 35.2 Å². The van der Waals surface area contributed by atoms with E-state index in [4.69, 9.17) is 22.1 Å². The minimum absolute atomic E-state index is 0.0259. The summed E-state index contributed by atoms with van der Waals surface area (Å²) in [6.45, 7) is 0.557. The van der Waals surface area contributed by atoms with E-state index in [1.165, 1.54) is 27.3 Å². The second-order valence-electron chi connectivity index (χ2n) is 9.05. The summed E-state index contributed by atoms with van der Waals surface area (Å²) in [5.74, 6) is -1.84. The number of alkyl halides is 6. The zero-order chi connectivity index (χ0) is 30.1. The summed E-state index contributed by atoms with van der Waals surface area (Å²) in [6, 6.07) is 2.70. The van der Waals surface area contributed by atoms with Crippen molar-refractivity contribution in [3.8, 4) is 11.1 Å². The van der Waals surface area contributed by atoms with Crippen LogP contribution < -0.4 is 0 Å². The Morgan fingerprint density at radius 3 is 2.34 bits per heavy atom. The molecule has 0 saturated carbocycles. The first-order valence-electron chi connectivity index (χ1n) is 11.9. The maximum Gasteiger partial charge on any atom is 0.416 e. The van der Waals surface area contributed by atoms with E-state index < -0.39 is 41.5 Å². The Balaban J connectivity index is 1.45. The van der Waals surface area contributed by atoms with Gasteiger partial charge in [0.25, 0.3) is 5.91 Å². The normalized spacial score (nSPS) is 19.4. The van der Waals surface area contributed by atoms with E-state index in [-0.39, 0.29) is 71.4 Å². The van der Waals surface area contributed by atoms with Crippen molar-refractivity contribution in [2.24, 2.45) is 0 Å². The van der Waals surface area contributed by atoms with Crippen LogP contribution in [0.5, 0.6) is 0 Å². The fourth-order valence-corrected chi connectivity index (χ4v) is 6.38. The van der Waals surface area contributed by atoms with Crippen molar-refractivity contribution in [1.82, 2.24) is 9.80 Å². The minimum Gasteiger partial charge on any atom is -0.481 e. The molecule has 1 atom stereocenters. The Bertz CT molecular complexity index is 1370. The summed E-state index contributed by atoms with van der Waals surface area (Å²) in [5, 5.41) is 10.3. The molecule has 2 saturated heterocycles. The van der Waals surface area contributed by atoms with Gasteiger partial charge in [-0.1, -0.05) is 24.0 Å². The van der Waals surface area contributed by atoms with Crippen LogP contribution in [0, 0.1) is 0 Å². The maximum absolute atomic E-state index is 13.2. The lowest BCUT2D eigenvalue weighted by atomic mass is 10.0. The molecular formula is C25H20F6N2O5S3. The standard InChI is InChI=1S/C25H20F6N2O5S3/c26-24(27,28)15-5-13(6-16(8-15)25(29,30)31)14-7-18(40-12-14)10-19-22(37)33(23(39)41-19)2-1-20(34)32-3-4-38-17(11-32)9-21(35)36/h5-8,10,12,17H,1-4,9,11H2,(H,35,36)/b19-10-. The number of morpholine rings is 1. The predicted molar refractivity (Wildman–Crippen MR) is 143 cm³/mol. The molecule has 2 aromatic rings. The van der Waals surface area contributed by atoms with Crippen LogP contribution in [-0.4, -0.2) is 69.4 Å². The van der Waals surface area contributed by atoms with Gasteiger partial charge in [0, 0.05) is 30.9 Å². The lowest BCUT2D eigenvalue weighted by molar-refractivity contribution is -0.147. The molecule has 1 N–H and O–H groups in total. The van der Waals surface area contributed by atoms with Crippen molar-refractivity contribution in [3.05, 3.63) is 50.6 Å². The Hall–Kier alpha value is -2.95. The van der Waals surface area contributed by atoms with Crippen LogP contribution in [0.4, 0.5) is 26.3 Å². The van der Waals surface area contributed by atoms with E-state index in [2.05, 4.69) is 0 Å². The molecule has 0 aliphatic carbocycles. The van der Waals surface area contributed by atoms with E-state index in [1.807, 2.05) is 0 Å². The average molecular weight is 639 g/mol. The molecule has 1 unspecified atom stereocenters. The highest BCUT2D eigenvalue weighted by Gasteiger charge is 2.37. The van der Waals surface area contributed by atoms with Gasteiger partial charge < -0.3 is 14.7 Å². The number of carboxylic acid groups (broad SMARTS) is 1. The predicted octanol–water partition coefficient (Wildman–Crippen LogP) is 5.75. The zero-order valence-corrected chi connectivity index (χ0v) is 23.2. The first-order valence-corrected chi connectivity index (χ1v) is 14.0. The molecule has 2 amide bonds. The number of carboxylic acids is 1. The Morgan fingerprint density at radius 1 is 1.07 bits per heavy atom. The topological polar surface area (TPSA) is 87.2 Å². The van der Waals surface area contributed by atoms with Gasteiger partial charge in [-0.2, -0.15) is 26.3 Å². The molecule has 0 spiro atoms. The van der Waals surface area contributed by atoms with E-state index in [0.717, 1.165) is 23.1 Å². The summed E-state index contributed by atoms with van der Waals surface area (Å²) in [4.78, 5) is 39.8. The lowest BCUT2D eigenvalue weighted by Crippen LogP contribution is -2.47. The highest BCUT2D eigenvalue weighted by atomic mass is 32.2. The maximum atomic E-state index is 13.2. The Kier molecular flexibility index (Phi) is 9.16. The molecule has 3 heterocycles. The number of thioether (sulfide) groups is 1. The summed E-state index contributed by atoms with van der Waals surface area (Å²) in [5.41, 5.74) is -3.02. The third-order valence-electron chi connectivity index (χ3n) is 6.13. The number of amides is 2. The summed E-state index contributed by atoms with van der Waals surface area (Å²) < 4.78 is 85.0. The lowest BCUT2D eigenvalue weighted by Gasteiger charge is -2.32. The number of rotatable bonds is 7. The molecule has 220 valence electrons. The molecule has 2 aliphatic heterocycles. The molecule has 1 aromatic heterocycles. The first kappa shape index (κ1) is 31.0. The summed E-state index contributed by atoms with van der Waals surface area (Å²) >= 11 is 7.25. The number of aliphatic carboxylic acids is 1. The van der Waals surface area contributed by atoms with Gasteiger partial charge >= 0.3 is 18.3 Å². The second kappa shape index (κ2) is 12.1. The smallest absolute Gasteiger partial charge is 0.416 e. The molecule has 41 heavy (non-hydrogen) atoms. The van der Waals surface area contributed by atoms with Crippen molar-refractivity contribution in [2.45, 2.75) is 31.3 Å². The number of benzene rings is 1. The first-order chi connectivity index (χ1) is 19.1. The number of carbonyl (C=O) groups excluding carboxylic acids is 2. The van der Waals surface area contributed by atoms with Crippen molar-refractivity contribution >= 4 is 63.5 Å². The molecule has 4 rings (SSSR count).